The lowest BCUT2D eigenvalue weighted by Crippen LogP contribution is -2.41. The molecule has 222 valence electrons. The molecule has 0 aromatic heterocycles. The zero-order valence-corrected chi connectivity index (χ0v) is 25.9. The Hall–Kier alpha value is -2.50. The highest BCUT2D eigenvalue weighted by atomic mass is 35.5. The third kappa shape index (κ3) is 9.85. The molecule has 3 rings (SSSR count). The van der Waals surface area contributed by atoms with Crippen LogP contribution in [0.4, 0.5) is 5.69 Å². The van der Waals surface area contributed by atoms with Crippen molar-refractivity contribution in [3.8, 4) is 5.75 Å². The molecule has 1 aliphatic rings. The van der Waals surface area contributed by atoms with Crippen LogP contribution in [0, 0.1) is 5.41 Å². The van der Waals surface area contributed by atoms with E-state index in [1.165, 1.54) is 6.07 Å². The molecule has 1 fully saturated rings. The number of ether oxygens (including phenoxy) is 2. The number of benzene rings is 2. The maximum atomic E-state index is 13.2. The van der Waals surface area contributed by atoms with Crippen LogP contribution >= 0.6 is 36.4 Å². The monoisotopic (exact) mass is 634 g/mol. The first-order valence-electron chi connectivity index (χ1n) is 12.4. The molecule has 1 aliphatic heterocycles. The van der Waals surface area contributed by atoms with Gasteiger partial charge in [-0.15, -0.1) is 24.8 Å². The molecule has 40 heavy (non-hydrogen) atoms. The maximum Gasteiger partial charge on any atom is 0.323 e. The normalized spacial score (nSPS) is 17.4. The minimum atomic E-state index is -4.09. The van der Waals surface area contributed by atoms with Gasteiger partial charge in [-0.25, -0.2) is 8.42 Å². The summed E-state index contributed by atoms with van der Waals surface area (Å²) in [6, 6.07) is 12.2. The van der Waals surface area contributed by atoms with E-state index in [1.54, 1.807) is 49.4 Å². The maximum absolute atomic E-state index is 13.2. The first-order chi connectivity index (χ1) is 18.0. The van der Waals surface area contributed by atoms with Crippen molar-refractivity contribution in [1.82, 2.24) is 4.90 Å². The average Bonchev–Trinajstić information content (AvgIpc) is 2.85. The van der Waals surface area contributed by atoms with Gasteiger partial charge in [0, 0.05) is 18.2 Å². The largest absolute Gasteiger partial charge is 0.489 e. The van der Waals surface area contributed by atoms with E-state index in [1.807, 2.05) is 6.07 Å². The number of amidine groups is 1. The summed E-state index contributed by atoms with van der Waals surface area (Å²) < 4.78 is 38.6. The van der Waals surface area contributed by atoms with Gasteiger partial charge in [-0.05, 0) is 63.6 Å². The number of hydrogen-bond acceptors (Lipinski definition) is 7. The van der Waals surface area contributed by atoms with Crippen molar-refractivity contribution in [1.29, 1.82) is 5.41 Å². The third-order valence-electron chi connectivity index (χ3n) is 6.38. The van der Waals surface area contributed by atoms with E-state index < -0.39 is 21.7 Å². The summed E-state index contributed by atoms with van der Waals surface area (Å²) in [5.74, 6) is -1.22. The van der Waals surface area contributed by atoms with Crippen LogP contribution in [0.1, 0.15) is 37.8 Å². The fraction of sp³-hybridized carbons (Fsp3) is 0.407. The summed E-state index contributed by atoms with van der Waals surface area (Å²) in [5, 5.41) is 7.89. The van der Waals surface area contributed by atoms with Crippen molar-refractivity contribution in [3.63, 3.8) is 0 Å². The van der Waals surface area contributed by atoms with Crippen LogP contribution < -0.4 is 14.8 Å². The molecule has 0 saturated carbocycles. The topological polar surface area (TPSA) is 126 Å². The van der Waals surface area contributed by atoms with Crippen LogP contribution in [-0.2, 0) is 19.6 Å². The number of carbonyl (C=O) groups is 1. The van der Waals surface area contributed by atoms with E-state index in [9.17, 15) is 13.2 Å². The number of carbonyl (C=O) groups excluding carboxylic acids is 1. The van der Waals surface area contributed by atoms with Gasteiger partial charge in [0.15, 0.2) is 5.75 Å². The van der Waals surface area contributed by atoms with Gasteiger partial charge in [0.25, 0.3) is 0 Å². The van der Waals surface area contributed by atoms with Gasteiger partial charge in [-0.3, -0.25) is 14.5 Å². The first-order valence-corrected chi connectivity index (χ1v) is 14.4. The van der Waals surface area contributed by atoms with Gasteiger partial charge < -0.3 is 20.1 Å². The molecular weight excluding hydrogens is 599 g/mol. The summed E-state index contributed by atoms with van der Waals surface area (Å²) >= 11 is 6.54. The first kappa shape index (κ1) is 35.5. The summed E-state index contributed by atoms with van der Waals surface area (Å²) in [6.07, 6.45) is 5.13. The Morgan fingerprint density at radius 2 is 1.98 bits per heavy atom. The molecule has 9 nitrogen and oxygen atoms in total. The Kier molecular flexibility index (Phi) is 14.3. The van der Waals surface area contributed by atoms with Crippen molar-refractivity contribution in [2.24, 2.45) is 5.73 Å². The Bertz CT molecular complexity index is 1290. The van der Waals surface area contributed by atoms with Gasteiger partial charge in [-0.2, -0.15) is 0 Å². The second-order valence-electron chi connectivity index (χ2n) is 9.24. The molecular formula is C27H37Cl3N4O5S. The fourth-order valence-corrected chi connectivity index (χ4v) is 5.68. The fourth-order valence-electron chi connectivity index (χ4n) is 4.18. The zero-order chi connectivity index (χ0) is 27.9. The summed E-state index contributed by atoms with van der Waals surface area (Å²) in [6.45, 7) is 4.70. The molecule has 3 N–H and O–H groups in total. The van der Waals surface area contributed by atoms with Crippen molar-refractivity contribution in [2.75, 3.05) is 36.8 Å². The molecule has 0 bridgehead atoms. The van der Waals surface area contributed by atoms with E-state index in [0.717, 1.165) is 29.3 Å². The van der Waals surface area contributed by atoms with Crippen molar-refractivity contribution in [3.05, 3.63) is 64.7 Å². The standard InChI is InChI=1S/C27H35ClN4O5S.2ClH/c1-4-36-26(33)18-38(34,35)32(13-6-8-20-7-5-9-21(16-20)27(29)30)22-10-11-25(24(28)17-22)37-23-12-14-31(3)19(2)15-23;;/h5-11,16-17,19,23H,4,12-15,18H2,1-3H3,(H3,29,30);2*1H/b8-6+;;. The molecule has 0 amide bonds. The molecule has 2 atom stereocenters. The minimum absolute atomic E-state index is 0. The molecule has 0 radical (unpaired) electrons. The molecule has 2 unspecified atom stereocenters. The number of piperidine rings is 1. The predicted octanol–water partition coefficient (Wildman–Crippen LogP) is 4.74. The second kappa shape index (κ2) is 16.1. The number of nitrogens with zero attached hydrogens (tertiary/aromatic N) is 2. The molecule has 0 aliphatic carbocycles. The lowest BCUT2D eigenvalue weighted by Gasteiger charge is -2.35. The van der Waals surface area contributed by atoms with Crippen LogP contribution in [0.25, 0.3) is 6.08 Å². The van der Waals surface area contributed by atoms with Gasteiger partial charge in [0.1, 0.15) is 17.7 Å². The number of anilines is 1. The van der Waals surface area contributed by atoms with E-state index in [-0.39, 0.29) is 54.9 Å². The van der Waals surface area contributed by atoms with Crippen LogP contribution in [0.15, 0.2) is 48.5 Å². The van der Waals surface area contributed by atoms with E-state index in [0.29, 0.717) is 23.0 Å². The lowest BCUT2D eigenvalue weighted by atomic mass is 10.0. The van der Waals surface area contributed by atoms with E-state index >= 15 is 0 Å². The number of nitrogens with one attached hydrogen (secondary N) is 1. The van der Waals surface area contributed by atoms with Crippen molar-refractivity contribution < 1.29 is 22.7 Å². The highest BCUT2D eigenvalue weighted by molar-refractivity contribution is 7.93. The number of nitrogen functional groups attached to an aromatic ring is 1. The predicted molar refractivity (Wildman–Crippen MR) is 166 cm³/mol. The Morgan fingerprint density at radius 3 is 2.60 bits per heavy atom. The van der Waals surface area contributed by atoms with Gasteiger partial charge in [-0.1, -0.05) is 42.0 Å². The smallest absolute Gasteiger partial charge is 0.323 e. The van der Waals surface area contributed by atoms with Crippen LogP contribution in [0.3, 0.4) is 0 Å². The van der Waals surface area contributed by atoms with Gasteiger partial charge in [0.05, 0.1) is 23.9 Å². The van der Waals surface area contributed by atoms with Crippen LogP contribution in [-0.4, -0.2) is 69.8 Å². The molecule has 2 aromatic rings. The Morgan fingerprint density at radius 1 is 1.25 bits per heavy atom. The number of hydrogen-bond donors (Lipinski definition) is 2. The quantitative estimate of drug-likeness (QED) is 0.208. The summed E-state index contributed by atoms with van der Waals surface area (Å²) in [7, 11) is -2.01. The van der Waals surface area contributed by atoms with Gasteiger partial charge in [0.2, 0.25) is 10.0 Å². The Labute approximate surface area is 254 Å². The lowest BCUT2D eigenvalue weighted by molar-refractivity contribution is -0.139. The number of esters is 1. The van der Waals surface area contributed by atoms with Crippen molar-refractivity contribution >= 4 is 70.0 Å². The number of rotatable bonds is 11. The van der Waals surface area contributed by atoms with E-state index in [2.05, 4.69) is 18.9 Å². The second-order valence-corrected chi connectivity index (χ2v) is 11.5. The SMILES string of the molecule is CCOC(=O)CS(=O)(=O)N(C/C=C/c1cccc(C(=N)N)c1)c1ccc(OC2CCN(C)C(C)C2)c(Cl)c1.Cl.Cl. The summed E-state index contributed by atoms with van der Waals surface area (Å²) in [4.78, 5) is 14.3. The zero-order valence-electron chi connectivity index (χ0n) is 22.7. The van der Waals surface area contributed by atoms with Crippen molar-refractivity contribution in [2.45, 2.75) is 38.8 Å². The number of halogens is 3. The number of nitrogens with two attached hydrogens (primary N) is 1. The average molecular weight is 636 g/mol. The van der Waals surface area contributed by atoms with Crippen LogP contribution in [0.2, 0.25) is 5.02 Å². The highest BCUT2D eigenvalue weighted by Crippen LogP contribution is 2.33. The van der Waals surface area contributed by atoms with E-state index in [4.69, 9.17) is 32.2 Å². The summed E-state index contributed by atoms with van der Waals surface area (Å²) in [5.41, 5.74) is 7.16. The number of sulfonamides is 1. The number of likely N-dealkylation sites (tertiary alicyclic amines) is 1. The van der Waals surface area contributed by atoms with Gasteiger partial charge >= 0.3 is 5.97 Å². The Balaban J connectivity index is 0.00000400. The minimum Gasteiger partial charge on any atom is -0.489 e. The molecule has 1 saturated heterocycles. The third-order valence-corrected chi connectivity index (χ3v) is 8.31. The molecule has 0 spiro atoms. The molecule has 1 heterocycles. The van der Waals surface area contributed by atoms with Crippen LogP contribution in [0.5, 0.6) is 5.75 Å². The highest BCUT2D eigenvalue weighted by Gasteiger charge is 2.28. The molecule has 13 heteroatoms. The molecule has 2 aromatic carbocycles.